The predicted octanol–water partition coefficient (Wildman–Crippen LogP) is 1.29. The minimum Gasteiger partial charge on any atom is -0.370 e. The molecule has 7 nitrogen and oxygen atoms in total. The number of aliphatic imine (C=N–C) groups is 1. The van der Waals surface area contributed by atoms with Crippen molar-refractivity contribution in [3.63, 3.8) is 0 Å². The van der Waals surface area contributed by atoms with Crippen molar-refractivity contribution >= 4 is 28.7 Å². The number of guanidine groups is 1. The maximum absolute atomic E-state index is 11.5. The van der Waals surface area contributed by atoms with Crippen molar-refractivity contribution in [3.8, 4) is 0 Å². The fraction of sp³-hybridized carbons (Fsp3) is 0.375. The van der Waals surface area contributed by atoms with Crippen LogP contribution in [0.1, 0.15) is 18.5 Å². The van der Waals surface area contributed by atoms with Crippen LogP contribution in [0.2, 0.25) is 0 Å². The highest BCUT2D eigenvalue weighted by Crippen LogP contribution is 2.16. The number of fused-ring (bicyclic) bond motifs is 1. The molecule has 0 spiro atoms. The third-order valence-electron chi connectivity index (χ3n) is 3.86. The van der Waals surface area contributed by atoms with Gasteiger partial charge in [0, 0.05) is 24.9 Å². The molecule has 1 aromatic heterocycles. The van der Waals surface area contributed by atoms with E-state index in [1.807, 2.05) is 36.1 Å². The molecule has 1 aromatic carbocycles. The number of anilines is 1. The Morgan fingerprint density at radius 1 is 1.39 bits per heavy atom. The van der Waals surface area contributed by atoms with Gasteiger partial charge in [0.25, 0.3) is 0 Å². The maximum atomic E-state index is 11.5. The summed E-state index contributed by atoms with van der Waals surface area (Å²) in [4.78, 5) is 26.4. The summed E-state index contributed by atoms with van der Waals surface area (Å²) >= 11 is 0. The number of carbonyl (C=O) groups is 1. The van der Waals surface area contributed by atoms with E-state index in [0.717, 1.165) is 29.6 Å². The van der Waals surface area contributed by atoms with E-state index in [1.54, 1.807) is 0 Å². The van der Waals surface area contributed by atoms with Crippen molar-refractivity contribution in [3.05, 3.63) is 30.0 Å². The van der Waals surface area contributed by atoms with Crippen molar-refractivity contribution in [1.29, 1.82) is 0 Å². The van der Waals surface area contributed by atoms with E-state index in [2.05, 4.69) is 20.3 Å². The monoisotopic (exact) mass is 312 g/mol. The van der Waals surface area contributed by atoms with Gasteiger partial charge in [0.2, 0.25) is 11.9 Å². The van der Waals surface area contributed by atoms with Gasteiger partial charge < -0.3 is 10.6 Å². The summed E-state index contributed by atoms with van der Waals surface area (Å²) < 4.78 is 0. The van der Waals surface area contributed by atoms with Gasteiger partial charge in [-0.05, 0) is 19.4 Å². The zero-order valence-electron chi connectivity index (χ0n) is 13.1. The van der Waals surface area contributed by atoms with Gasteiger partial charge in [-0.25, -0.2) is 9.97 Å². The fourth-order valence-electron chi connectivity index (χ4n) is 2.68. The van der Waals surface area contributed by atoms with Gasteiger partial charge in [-0.1, -0.05) is 18.2 Å². The summed E-state index contributed by atoms with van der Waals surface area (Å²) in [7, 11) is 0. The summed E-state index contributed by atoms with van der Waals surface area (Å²) in [5.74, 6) is 0.881. The summed E-state index contributed by atoms with van der Waals surface area (Å²) in [6.45, 7) is 3.81. The number of carbonyl (C=O) groups excluding carboxylic acids is 1. The first kappa shape index (κ1) is 15.2. The molecule has 0 unspecified atom stereocenters. The number of aryl methyl sites for hydroxylation is 1. The van der Waals surface area contributed by atoms with Crippen LogP contribution in [-0.2, 0) is 4.79 Å². The summed E-state index contributed by atoms with van der Waals surface area (Å²) in [6.07, 6.45) is 1.57. The van der Waals surface area contributed by atoms with Crippen LogP contribution in [0.5, 0.6) is 0 Å². The van der Waals surface area contributed by atoms with Crippen LogP contribution in [0.15, 0.2) is 29.3 Å². The Morgan fingerprint density at radius 2 is 2.22 bits per heavy atom. The topological polar surface area (TPSA) is 96.5 Å². The average molecular weight is 312 g/mol. The first-order valence-electron chi connectivity index (χ1n) is 7.71. The molecule has 0 radical (unpaired) electrons. The van der Waals surface area contributed by atoms with E-state index in [9.17, 15) is 4.79 Å². The van der Waals surface area contributed by atoms with Crippen LogP contribution < -0.4 is 11.1 Å². The number of hydrogen-bond acceptors (Lipinski definition) is 4. The van der Waals surface area contributed by atoms with Gasteiger partial charge in [-0.2, -0.15) is 0 Å². The predicted molar refractivity (Wildman–Crippen MR) is 90.2 cm³/mol. The van der Waals surface area contributed by atoms with Gasteiger partial charge in [-0.15, -0.1) is 0 Å². The molecule has 7 heteroatoms. The minimum absolute atomic E-state index is 0.195. The summed E-state index contributed by atoms with van der Waals surface area (Å²) in [6, 6.07) is 7.81. The van der Waals surface area contributed by atoms with Crippen molar-refractivity contribution in [2.45, 2.75) is 19.8 Å². The van der Waals surface area contributed by atoms with E-state index in [0.29, 0.717) is 25.5 Å². The fourth-order valence-corrected chi connectivity index (χ4v) is 2.68. The van der Waals surface area contributed by atoms with Gasteiger partial charge in [0.1, 0.15) is 0 Å². The Labute approximate surface area is 134 Å². The molecule has 120 valence electrons. The number of para-hydroxylation sites is 1. The maximum Gasteiger partial charge on any atom is 0.230 e. The molecule has 1 aliphatic heterocycles. The number of likely N-dealkylation sites (tertiary alicyclic amines) is 1. The van der Waals surface area contributed by atoms with Crippen LogP contribution in [0.3, 0.4) is 0 Å². The van der Waals surface area contributed by atoms with Gasteiger partial charge in [0.05, 0.1) is 17.8 Å². The molecule has 0 aliphatic carbocycles. The zero-order chi connectivity index (χ0) is 16.2. The lowest BCUT2D eigenvalue weighted by molar-refractivity contribution is -0.127. The number of nitrogens with two attached hydrogens (primary N) is 1. The highest BCUT2D eigenvalue weighted by molar-refractivity contribution is 5.92. The molecule has 1 saturated heterocycles. The van der Waals surface area contributed by atoms with Crippen molar-refractivity contribution < 1.29 is 4.79 Å². The minimum atomic E-state index is 0.195. The van der Waals surface area contributed by atoms with E-state index in [4.69, 9.17) is 5.73 Å². The molecule has 1 amide bonds. The number of nitrogens with one attached hydrogen (secondary N) is 1. The average Bonchev–Trinajstić information content (AvgIpc) is 2.93. The molecule has 1 fully saturated rings. The van der Waals surface area contributed by atoms with E-state index in [-0.39, 0.29) is 11.9 Å². The Morgan fingerprint density at radius 3 is 3.00 bits per heavy atom. The Balaban J connectivity index is 1.64. The van der Waals surface area contributed by atoms with E-state index >= 15 is 0 Å². The third-order valence-corrected chi connectivity index (χ3v) is 3.86. The highest BCUT2D eigenvalue weighted by atomic mass is 16.2. The lowest BCUT2D eigenvalue weighted by atomic mass is 10.2. The van der Waals surface area contributed by atoms with Crippen molar-refractivity contribution in [2.75, 3.05) is 25.0 Å². The number of hydrogen-bond donors (Lipinski definition) is 2. The molecule has 1 aliphatic rings. The first-order chi connectivity index (χ1) is 11.1. The quantitative estimate of drug-likeness (QED) is 0.655. The second-order valence-corrected chi connectivity index (χ2v) is 5.53. The first-order valence-corrected chi connectivity index (χ1v) is 7.71. The van der Waals surface area contributed by atoms with Gasteiger partial charge in [-0.3, -0.25) is 15.1 Å². The standard InChI is InChI=1S/C16H20N6O/c1-11-12-5-2-3-6-13(12)20-16(19-11)21-15(17)18-8-10-22-9-4-7-14(22)23/h2-3,5-6H,4,7-10H2,1H3,(H3,17,18,19,20,21). The summed E-state index contributed by atoms with van der Waals surface area (Å²) in [5, 5.41) is 3.93. The second kappa shape index (κ2) is 6.60. The smallest absolute Gasteiger partial charge is 0.230 e. The van der Waals surface area contributed by atoms with Crippen LogP contribution in [0, 0.1) is 6.92 Å². The molecule has 0 saturated carbocycles. The lowest BCUT2D eigenvalue weighted by Crippen LogP contribution is -2.29. The molecular weight excluding hydrogens is 292 g/mol. The summed E-state index contributed by atoms with van der Waals surface area (Å²) in [5.41, 5.74) is 7.62. The van der Waals surface area contributed by atoms with E-state index < -0.39 is 0 Å². The van der Waals surface area contributed by atoms with Crippen LogP contribution in [-0.4, -0.2) is 46.4 Å². The number of aromatic nitrogens is 2. The van der Waals surface area contributed by atoms with Crippen molar-refractivity contribution in [2.24, 2.45) is 10.7 Å². The van der Waals surface area contributed by atoms with Gasteiger partial charge in [0.15, 0.2) is 5.96 Å². The van der Waals surface area contributed by atoms with Crippen molar-refractivity contribution in [1.82, 2.24) is 14.9 Å². The Kier molecular flexibility index (Phi) is 4.36. The largest absolute Gasteiger partial charge is 0.370 e. The number of rotatable bonds is 4. The molecule has 0 atom stereocenters. The molecule has 23 heavy (non-hydrogen) atoms. The SMILES string of the molecule is Cc1nc(NC(N)=NCCN2CCCC2=O)nc2ccccc12. The molecule has 2 aromatic rings. The highest BCUT2D eigenvalue weighted by Gasteiger charge is 2.18. The number of amides is 1. The molecule has 2 heterocycles. The molecule has 3 rings (SSSR count). The van der Waals surface area contributed by atoms with Gasteiger partial charge >= 0.3 is 0 Å². The molecule has 0 bridgehead atoms. The Bertz CT molecular complexity index is 757. The zero-order valence-corrected chi connectivity index (χ0v) is 13.1. The second-order valence-electron chi connectivity index (χ2n) is 5.53. The van der Waals surface area contributed by atoms with E-state index in [1.165, 1.54) is 0 Å². The van der Waals surface area contributed by atoms with Crippen LogP contribution in [0.4, 0.5) is 5.95 Å². The molecule has 3 N–H and O–H groups in total. The number of nitrogens with zero attached hydrogens (tertiary/aromatic N) is 4. The van der Waals surface area contributed by atoms with Crippen LogP contribution in [0.25, 0.3) is 10.9 Å². The number of benzene rings is 1. The molecular formula is C16H20N6O. The third kappa shape index (κ3) is 3.56. The van der Waals surface area contributed by atoms with Crippen LogP contribution >= 0.6 is 0 Å². The Hall–Kier alpha value is -2.70. The lowest BCUT2D eigenvalue weighted by Gasteiger charge is -2.13. The normalized spacial score (nSPS) is 15.4.